The highest BCUT2D eigenvalue weighted by molar-refractivity contribution is 6.29. The van der Waals surface area contributed by atoms with Crippen LogP contribution in [0.15, 0.2) is 48.7 Å². The van der Waals surface area contributed by atoms with Crippen molar-refractivity contribution < 1.29 is 4.79 Å². The molecule has 0 fully saturated rings. The predicted octanol–water partition coefficient (Wildman–Crippen LogP) is 3.79. The summed E-state index contributed by atoms with van der Waals surface area (Å²) in [5.41, 5.74) is 1.19. The lowest BCUT2D eigenvalue weighted by Gasteiger charge is -2.30. The molecule has 1 aromatic carbocycles. The van der Waals surface area contributed by atoms with E-state index < -0.39 is 5.54 Å². The molecule has 0 aliphatic rings. The average molecular weight is 289 g/mol. The lowest BCUT2D eigenvalue weighted by Crippen LogP contribution is -2.43. The van der Waals surface area contributed by atoms with E-state index in [1.54, 1.807) is 12.1 Å². The van der Waals surface area contributed by atoms with Gasteiger partial charge < -0.3 is 5.32 Å². The SMILES string of the molecule is CCC(C)(NC(=O)c1ccnc(Cl)c1)c1ccccc1. The number of carbonyl (C=O) groups is 1. The highest BCUT2D eigenvalue weighted by Gasteiger charge is 2.26. The molecule has 0 radical (unpaired) electrons. The number of halogens is 1. The number of amides is 1. The minimum Gasteiger partial charge on any atom is -0.343 e. The van der Waals surface area contributed by atoms with Crippen LogP contribution in [0.25, 0.3) is 0 Å². The zero-order chi connectivity index (χ0) is 14.6. The highest BCUT2D eigenvalue weighted by atomic mass is 35.5. The van der Waals surface area contributed by atoms with Crippen molar-refractivity contribution in [1.29, 1.82) is 0 Å². The largest absolute Gasteiger partial charge is 0.343 e. The number of carbonyl (C=O) groups excluding carboxylic acids is 1. The molecule has 0 spiro atoms. The molecular formula is C16H17ClN2O. The lowest BCUT2D eigenvalue weighted by molar-refractivity contribution is 0.0902. The standard InChI is InChI=1S/C16H17ClN2O/c1-3-16(2,13-7-5-4-6-8-13)19-15(20)12-9-10-18-14(17)11-12/h4-11H,3H2,1-2H3,(H,19,20). The number of rotatable bonds is 4. The zero-order valence-corrected chi connectivity index (χ0v) is 12.3. The third kappa shape index (κ3) is 3.17. The first-order chi connectivity index (χ1) is 9.55. The van der Waals surface area contributed by atoms with Crippen LogP contribution in [0.5, 0.6) is 0 Å². The number of nitrogens with one attached hydrogen (secondary N) is 1. The predicted molar refractivity (Wildman–Crippen MR) is 80.8 cm³/mol. The van der Waals surface area contributed by atoms with E-state index in [-0.39, 0.29) is 5.91 Å². The lowest BCUT2D eigenvalue weighted by atomic mass is 9.89. The molecule has 2 rings (SSSR count). The minimum absolute atomic E-state index is 0.150. The molecule has 1 N–H and O–H groups in total. The van der Waals surface area contributed by atoms with Gasteiger partial charge in [-0.3, -0.25) is 4.79 Å². The van der Waals surface area contributed by atoms with Crippen LogP contribution in [0.4, 0.5) is 0 Å². The van der Waals surface area contributed by atoms with Crippen LogP contribution >= 0.6 is 11.6 Å². The van der Waals surface area contributed by atoms with Crippen molar-refractivity contribution in [3.8, 4) is 0 Å². The van der Waals surface area contributed by atoms with Gasteiger partial charge in [0.1, 0.15) is 5.15 Å². The van der Waals surface area contributed by atoms with Crippen LogP contribution in [-0.4, -0.2) is 10.9 Å². The monoisotopic (exact) mass is 288 g/mol. The number of nitrogens with zero attached hydrogens (tertiary/aromatic N) is 1. The fourth-order valence-corrected chi connectivity index (χ4v) is 2.21. The molecule has 20 heavy (non-hydrogen) atoms. The Bertz CT molecular complexity index is 600. The van der Waals surface area contributed by atoms with Gasteiger partial charge >= 0.3 is 0 Å². The molecule has 0 aliphatic carbocycles. The van der Waals surface area contributed by atoms with Crippen LogP contribution in [0, 0.1) is 0 Å². The summed E-state index contributed by atoms with van der Waals surface area (Å²) in [7, 11) is 0. The number of hydrogen-bond acceptors (Lipinski definition) is 2. The normalized spacial score (nSPS) is 13.6. The number of benzene rings is 1. The molecule has 0 saturated carbocycles. The Morgan fingerprint density at radius 1 is 1.30 bits per heavy atom. The van der Waals surface area contributed by atoms with E-state index in [0.717, 1.165) is 12.0 Å². The molecule has 4 heteroatoms. The van der Waals surface area contributed by atoms with Gasteiger partial charge in [-0.1, -0.05) is 48.9 Å². The van der Waals surface area contributed by atoms with Crippen molar-refractivity contribution in [3.05, 3.63) is 64.9 Å². The van der Waals surface area contributed by atoms with Gasteiger partial charge in [0.25, 0.3) is 5.91 Å². The maximum absolute atomic E-state index is 12.3. The summed E-state index contributed by atoms with van der Waals surface area (Å²) in [4.78, 5) is 16.2. The van der Waals surface area contributed by atoms with Crippen LogP contribution < -0.4 is 5.32 Å². The Balaban J connectivity index is 2.24. The summed E-state index contributed by atoms with van der Waals surface area (Å²) >= 11 is 5.82. The fourth-order valence-electron chi connectivity index (χ4n) is 2.04. The van der Waals surface area contributed by atoms with Crippen LogP contribution in [0.2, 0.25) is 5.15 Å². The quantitative estimate of drug-likeness (QED) is 0.870. The smallest absolute Gasteiger partial charge is 0.252 e. The van der Waals surface area contributed by atoms with E-state index in [4.69, 9.17) is 11.6 Å². The van der Waals surface area contributed by atoms with E-state index in [9.17, 15) is 4.79 Å². The van der Waals surface area contributed by atoms with Crippen molar-refractivity contribution in [2.75, 3.05) is 0 Å². The number of aromatic nitrogens is 1. The van der Waals surface area contributed by atoms with Gasteiger partial charge in [-0.15, -0.1) is 0 Å². The van der Waals surface area contributed by atoms with Crippen molar-refractivity contribution >= 4 is 17.5 Å². The van der Waals surface area contributed by atoms with Crippen molar-refractivity contribution in [1.82, 2.24) is 10.3 Å². The van der Waals surface area contributed by atoms with Crippen LogP contribution in [0.1, 0.15) is 36.2 Å². The van der Waals surface area contributed by atoms with Gasteiger partial charge in [0.2, 0.25) is 0 Å². The van der Waals surface area contributed by atoms with E-state index in [1.807, 2.05) is 44.2 Å². The zero-order valence-electron chi connectivity index (χ0n) is 11.6. The first-order valence-electron chi connectivity index (χ1n) is 6.55. The Hall–Kier alpha value is -1.87. The Labute approximate surface area is 124 Å². The Kier molecular flexibility index (Phi) is 4.40. The maximum Gasteiger partial charge on any atom is 0.252 e. The average Bonchev–Trinajstić information content (AvgIpc) is 2.48. The molecule has 1 aromatic heterocycles. The summed E-state index contributed by atoms with van der Waals surface area (Å²) in [5.74, 6) is -0.150. The molecule has 1 unspecified atom stereocenters. The summed E-state index contributed by atoms with van der Waals surface area (Å²) in [6.45, 7) is 4.07. The second-order valence-electron chi connectivity index (χ2n) is 4.87. The van der Waals surface area contributed by atoms with Gasteiger partial charge in [-0.05, 0) is 31.0 Å². The number of pyridine rings is 1. The van der Waals surface area contributed by atoms with E-state index in [2.05, 4.69) is 10.3 Å². The second-order valence-corrected chi connectivity index (χ2v) is 5.26. The van der Waals surface area contributed by atoms with E-state index in [1.165, 1.54) is 6.20 Å². The van der Waals surface area contributed by atoms with Crippen molar-refractivity contribution in [2.24, 2.45) is 0 Å². The minimum atomic E-state index is -0.409. The van der Waals surface area contributed by atoms with Crippen LogP contribution in [-0.2, 0) is 5.54 Å². The topological polar surface area (TPSA) is 42.0 Å². The van der Waals surface area contributed by atoms with Crippen LogP contribution in [0.3, 0.4) is 0 Å². The summed E-state index contributed by atoms with van der Waals surface area (Å²) in [6, 6.07) is 13.2. The van der Waals surface area contributed by atoms with Gasteiger partial charge in [0.15, 0.2) is 0 Å². The highest BCUT2D eigenvalue weighted by Crippen LogP contribution is 2.24. The van der Waals surface area contributed by atoms with Crippen molar-refractivity contribution in [3.63, 3.8) is 0 Å². The second kappa shape index (κ2) is 6.06. The molecule has 0 aliphatic heterocycles. The molecule has 0 saturated heterocycles. The Morgan fingerprint density at radius 2 is 2.00 bits per heavy atom. The molecule has 2 aromatic rings. The molecule has 1 heterocycles. The molecule has 3 nitrogen and oxygen atoms in total. The number of hydrogen-bond donors (Lipinski definition) is 1. The molecule has 0 bridgehead atoms. The first-order valence-corrected chi connectivity index (χ1v) is 6.92. The molecular weight excluding hydrogens is 272 g/mol. The summed E-state index contributed by atoms with van der Waals surface area (Å²) in [5, 5.41) is 3.39. The van der Waals surface area contributed by atoms with Gasteiger partial charge in [-0.2, -0.15) is 0 Å². The maximum atomic E-state index is 12.3. The summed E-state index contributed by atoms with van der Waals surface area (Å²) in [6.07, 6.45) is 2.32. The van der Waals surface area contributed by atoms with Gasteiger partial charge in [0.05, 0.1) is 5.54 Å². The summed E-state index contributed by atoms with van der Waals surface area (Å²) < 4.78 is 0. The Morgan fingerprint density at radius 3 is 2.60 bits per heavy atom. The van der Waals surface area contributed by atoms with Gasteiger partial charge in [0, 0.05) is 11.8 Å². The van der Waals surface area contributed by atoms with Gasteiger partial charge in [-0.25, -0.2) is 4.98 Å². The molecule has 1 amide bonds. The van der Waals surface area contributed by atoms with E-state index >= 15 is 0 Å². The molecule has 1 atom stereocenters. The first kappa shape index (κ1) is 14.5. The van der Waals surface area contributed by atoms with E-state index in [0.29, 0.717) is 10.7 Å². The molecule has 104 valence electrons. The van der Waals surface area contributed by atoms with Crippen molar-refractivity contribution in [2.45, 2.75) is 25.8 Å². The third-order valence-electron chi connectivity index (χ3n) is 3.50. The third-order valence-corrected chi connectivity index (χ3v) is 3.70. The fraction of sp³-hybridized carbons (Fsp3) is 0.250.